The molecule has 1 unspecified atom stereocenters. The van der Waals surface area contributed by atoms with Crippen LogP contribution in [0.15, 0.2) is 22.9 Å². The summed E-state index contributed by atoms with van der Waals surface area (Å²) in [5.74, 6) is -2.99. The van der Waals surface area contributed by atoms with Gasteiger partial charge in [0.15, 0.2) is 0 Å². The molecule has 3 N–H and O–H groups in total. The number of amides is 1. The molecule has 1 aromatic heterocycles. The number of hydrogen-bond acceptors (Lipinski definition) is 4. The molecule has 0 fully saturated rings. The third-order valence-electron chi connectivity index (χ3n) is 2.24. The van der Waals surface area contributed by atoms with Crippen molar-refractivity contribution in [2.24, 2.45) is 0 Å². The van der Waals surface area contributed by atoms with Gasteiger partial charge < -0.3 is 15.5 Å². The molecule has 1 heterocycles. The summed E-state index contributed by atoms with van der Waals surface area (Å²) in [6.07, 6.45) is 0.881. The Balaban J connectivity index is 2.71. The number of pyridine rings is 1. The third kappa shape index (κ3) is 5.04. The monoisotopic (exact) mass is 330 g/mol. The fraction of sp³-hybridized carbons (Fsp3) is 0.273. The van der Waals surface area contributed by atoms with Gasteiger partial charge in [-0.2, -0.15) is 0 Å². The van der Waals surface area contributed by atoms with Crippen molar-refractivity contribution >= 4 is 33.8 Å². The molecule has 1 rings (SSSR count). The number of halogens is 1. The lowest BCUT2D eigenvalue weighted by atomic mass is 10.1. The second-order valence-corrected chi connectivity index (χ2v) is 4.48. The molecule has 1 atom stereocenters. The Morgan fingerprint density at radius 3 is 2.58 bits per heavy atom. The van der Waals surface area contributed by atoms with E-state index in [0.29, 0.717) is 4.60 Å². The Morgan fingerprint density at radius 2 is 2.05 bits per heavy atom. The van der Waals surface area contributed by atoms with Gasteiger partial charge in [-0.1, -0.05) is 0 Å². The number of rotatable bonds is 6. The van der Waals surface area contributed by atoms with Crippen LogP contribution in [0.4, 0.5) is 0 Å². The van der Waals surface area contributed by atoms with Gasteiger partial charge in [-0.15, -0.1) is 0 Å². The number of aromatic nitrogens is 1. The van der Waals surface area contributed by atoms with Crippen molar-refractivity contribution in [3.63, 3.8) is 0 Å². The summed E-state index contributed by atoms with van der Waals surface area (Å²) in [4.78, 5) is 36.9. The van der Waals surface area contributed by atoms with Crippen LogP contribution in [0.2, 0.25) is 0 Å². The van der Waals surface area contributed by atoms with E-state index in [1.165, 1.54) is 18.3 Å². The van der Waals surface area contributed by atoms with E-state index in [0.717, 1.165) is 0 Å². The first-order chi connectivity index (χ1) is 8.90. The zero-order chi connectivity index (χ0) is 14.4. The van der Waals surface area contributed by atoms with E-state index < -0.39 is 23.9 Å². The third-order valence-corrected chi connectivity index (χ3v) is 2.67. The van der Waals surface area contributed by atoms with Crippen LogP contribution in [0.5, 0.6) is 0 Å². The van der Waals surface area contributed by atoms with Crippen LogP contribution in [0.3, 0.4) is 0 Å². The van der Waals surface area contributed by atoms with Crippen molar-refractivity contribution in [1.82, 2.24) is 10.3 Å². The first kappa shape index (κ1) is 15.1. The minimum absolute atomic E-state index is 0.178. The molecule has 8 heteroatoms. The number of carboxylic acid groups (broad SMARTS) is 2. The lowest BCUT2D eigenvalue weighted by Crippen LogP contribution is -2.41. The lowest BCUT2D eigenvalue weighted by molar-refractivity contribution is -0.140. The first-order valence-electron chi connectivity index (χ1n) is 5.27. The lowest BCUT2D eigenvalue weighted by Gasteiger charge is -2.13. The normalized spacial score (nSPS) is 11.6. The topological polar surface area (TPSA) is 117 Å². The summed E-state index contributed by atoms with van der Waals surface area (Å²) >= 11 is 3.09. The van der Waals surface area contributed by atoms with Crippen LogP contribution < -0.4 is 5.32 Å². The first-order valence-corrected chi connectivity index (χ1v) is 6.06. The van der Waals surface area contributed by atoms with Gasteiger partial charge in [0.25, 0.3) is 5.91 Å². The number of hydrogen-bond donors (Lipinski definition) is 3. The highest BCUT2D eigenvalue weighted by molar-refractivity contribution is 9.10. The minimum atomic E-state index is -1.28. The van der Waals surface area contributed by atoms with Crippen LogP contribution in [0.25, 0.3) is 0 Å². The maximum Gasteiger partial charge on any atom is 0.326 e. The van der Waals surface area contributed by atoms with E-state index in [1.807, 2.05) is 0 Å². The van der Waals surface area contributed by atoms with Gasteiger partial charge in [0.05, 0.1) is 0 Å². The molecule has 0 aliphatic rings. The molecule has 0 saturated carbocycles. The quantitative estimate of drug-likeness (QED) is 0.667. The van der Waals surface area contributed by atoms with Gasteiger partial charge in [-0.05, 0) is 34.5 Å². The fourth-order valence-electron chi connectivity index (χ4n) is 1.31. The summed E-state index contributed by atoms with van der Waals surface area (Å²) in [6.45, 7) is 0. The molecule has 0 radical (unpaired) electrons. The Hall–Kier alpha value is -1.96. The minimum Gasteiger partial charge on any atom is -0.481 e. The number of nitrogens with one attached hydrogen (secondary N) is 1. The number of carbonyl (C=O) groups is 3. The highest BCUT2D eigenvalue weighted by Gasteiger charge is 2.21. The van der Waals surface area contributed by atoms with E-state index in [4.69, 9.17) is 10.2 Å². The summed E-state index contributed by atoms with van der Waals surface area (Å²) in [5, 5.41) is 19.7. The van der Waals surface area contributed by atoms with Crippen LogP contribution >= 0.6 is 15.9 Å². The van der Waals surface area contributed by atoms with Gasteiger partial charge in [-0.25, -0.2) is 9.78 Å². The van der Waals surface area contributed by atoms with E-state index in [2.05, 4.69) is 26.2 Å². The molecular formula is C11H11BrN2O5. The van der Waals surface area contributed by atoms with Crippen molar-refractivity contribution in [3.05, 3.63) is 28.5 Å². The number of carboxylic acids is 2. The van der Waals surface area contributed by atoms with Crippen LogP contribution in [-0.2, 0) is 9.59 Å². The van der Waals surface area contributed by atoms with Crippen molar-refractivity contribution in [1.29, 1.82) is 0 Å². The molecule has 0 aromatic carbocycles. The summed E-state index contributed by atoms with van der Waals surface area (Å²) in [6, 6.07) is 1.62. The van der Waals surface area contributed by atoms with Gasteiger partial charge in [-0.3, -0.25) is 9.59 Å². The second-order valence-electron chi connectivity index (χ2n) is 3.66. The highest BCUT2D eigenvalue weighted by atomic mass is 79.9. The van der Waals surface area contributed by atoms with Crippen LogP contribution in [-0.4, -0.2) is 39.1 Å². The average Bonchev–Trinajstić information content (AvgIpc) is 2.33. The molecule has 7 nitrogen and oxygen atoms in total. The smallest absolute Gasteiger partial charge is 0.326 e. The van der Waals surface area contributed by atoms with Gasteiger partial charge in [0, 0.05) is 18.2 Å². The zero-order valence-corrected chi connectivity index (χ0v) is 11.3. The van der Waals surface area contributed by atoms with Gasteiger partial charge >= 0.3 is 11.9 Å². The number of nitrogens with zero attached hydrogens (tertiary/aromatic N) is 1. The van der Waals surface area contributed by atoms with Crippen LogP contribution in [0.1, 0.15) is 23.2 Å². The average molecular weight is 331 g/mol. The highest BCUT2D eigenvalue weighted by Crippen LogP contribution is 2.09. The number of aliphatic carboxylic acids is 2. The molecule has 102 valence electrons. The predicted octanol–water partition coefficient (Wildman–Crippen LogP) is 0.892. The molecule has 0 spiro atoms. The molecule has 0 aliphatic carbocycles. The van der Waals surface area contributed by atoms with Crippen molar-refractivity contribution < 1.29 is 24.6 Å². The maximum atomic E-state index is 11.8. The molecular weight excluding hydrogens is 320 g/mol. The van der Waals surface area contributed by atoms with E-state index in [1.54, 1.807) is 0 Å². The largest absolute Gasteiger partial charge is 0.481 e. The van der Waals surface area contributed by atoms with Gasteiger partial charge in [0.2, 0.25) is 0 Å². The van der Waals surface area contributed by atoms with Crippen molar-refractivity contribution in [3.8, 4) is 0 Å². The Morgan fingerprint density at radius 1 is 1.37 bits per heavy atom. The second kappa shape index (κ2) is 6.83. The summed E-state index contributed by atoms with van der Waals surface area (Å²) in [7, 11) is 0. The van der Waals surface area contributed by atoms with Gasteiger partial charge in [0.1, 0.15) is 10.6 Å². The molecule has 1 amide bonds. The Bertz CT molecular complexity index is 506. The molecule has 0 bridgehead atoms. The van der Waals surface area contributed by atoms with E-state index >= 15 is 0 Å². The molecule has 19 heavy (non-hydrogen) atoms. The maximum absolute atomic E-state index is 11.8. The standard InChI is InChI=1S/C11H11BrN2O5/c12-8-5-6(3-4-13-8)10(17)14-7(11(18)19)1-2-9(15)16/h3-5,7H,1-2H2,(H,14,17)(H,15,16)(H,18,19). The van der Waals surface area contributed by atoms with E-state index in [9.17, 15) is 14.4 Å². The number of carbonyl (C=O) groups excluding carboxylic acids is 1. The fourth-order valence-corrected chi connectivity index (χ4v) is 1.68. The van der Waals surface area contributed by atoms with Crippen LogP contribution in [0, 0.1) is 0 Å². The summed E-state index contributed by atoms with van der Waals surface area (Å²) < 4.78 is 0.442. The van der Waals surface area contributed by atoms with Crippen molar-refractivity contribution in [2.75, 3.05) is 0 Å². The Kier molecular flexibility index (Phi) is 5.43. The predicted molar refractivity (Wildman–Crippen MR) is 67.7 cm³/mol. The summed E-state index contributed by atoms with van der Waals surface area (Å²) in [5.41, 5.74) is 0.239. The molecule has 0 aliphatic heterocycles. The van der Waals surface area contributed by atoms with E-state index in [-0.39, 0.29) is 18.4 Å². The van der Waals surface area contributed by atoms with Crippen molar-refractivity contribution in [2.45, 2.75) is 18.9 Å². The molecule has 1 aromatic rings. The zero-order valence-electron chi connectivity index (χ0n) is 9.67. The SMILES string of the molecule is O=C(O)CCC(NC(=O)c1ccnc(Br)c1)C(=O)O. The molecule has 0 saturated heterocycles. The Labute approximate surface area is 116 Å².